The van der Waals surface area contributed by atoms with Gasteiger partial charge in [0.05, 0.1) is 20.8 Å². The Balaban J connectivity index is 0.00000182. The first-order valence-corrected chi connectivity index (χ1v) is 9.33. The quantitative estimate of drug-likeness (QED) is 0.530. The van der Waals surface area contributed by atoms with Crippen molar-refractivity contribution in [3.63, 3.8) is 0 Å². The Morgan fingerprint density at radius 2 is 1.52 bits per heavy atom. The molecule has 128 valence electrons. The van der Waals surface area contributed by atoms with Crippen molar-refractivity contribution in [2.24, 2.45) is 5.73 Å². The number of hydrogen-bond donors (Lipinski definition) is 1. The van der Waals surface area contributed by atoms with Crippen LogP contribution in [0.4, 0.5) is 0 Å². The van der Waals surface area contributed by atoms with Gasteiger partial charge in [-0.15, -0.1) is 35.1 Å². The van der Waals surface area contributed by atoms with Crippen molar-refractivity contribution >= 4 is 46.1 Å². The predicted octanol–water partition coefficient (Wildman–Crippen LogP) is 4.85. The molecule has 0 bridgehead atoms. The molecular weight excluding hydrogens is 374 g/mol. The normalized spacial score (nSPS) is 10.6. The summed E-state index contributed by atoms with van der Waals surface area (Å²) < 4.78 is 5.61. The molecule has 0 aliphatic carbocycles. The van der Waals surface area contributed by atoms with Gasteiger partial charge < -0.3 is 10.5 Å². The monoisotopic (exact) mass is 389 g/mol. The lowest BCUT2D eigenvalue weighted by Crippen LogP contribution is -2.10. The summed E-state index contributed by atoms with van der Waals surface area (Å²) in [6, 6.07) is 14.0. The van der Waals surface area contributed by atoms with Crippen LogP contribution in [0.15, 0.2) is 53.2 Å². The van der Waals surface area contributed by atoms with Gasteiger partial charge in [-0.3, -0.25) is 0 Å². The molecule has 0 aliphatic heterocycles. The van der Waals surface area contributed by atoms with Crippen LogP contribution in [0.2, 0.25) is 0 Å². The Labute approximate surface area is 159 Å². The van der Waals surface area contributed by atoms with E-state index in [1.54, 1.807) is 22.7 Å². The molecule has 4 nitrogen and oxygen atoms in total. The molecule has 0 aliphatic rings. The maximum absolute atomic E-state index is 5.61. The first-order chi connectivity index (χ1) is 11.8. The maximum atomic E-state index is 5.61. The number of rotatable bonds is 5. The van der Waals surface area contributed by atoms with Crippen LogP contribution in [0.3, 0.4) is 0 Å². The van der Waals surface area contributed by atoms with Crippen LogP contribution >= 0.6 is 35.1 Å². The summed E-state index contributed by atoms with van der Waals surface area (Å²) in [6.07, 6.45) is 0. The van der Waals surface area contributed by atoms with E-state index in [0.29, 0.717) is 13.2 Å². The molecule has 4 rings (SSSR count). The second-order valence-electron chi connectivity index (χ2n) is 5.16. The molecule has 0 atom stereocenters. The summed E-state index contributed by atoms with van der Waals surface area (Å²) >= 11 is 3.34. The van der Waals surface area contributed by atoms with Gasteiger partial charge in [0.2, 0.25) is 0 Å². The highest BCUT2D eigenvalue weighted by Crippen LogP contribution is 2.35. The summed E-state index contributed by atoms with van der Waals surface area (Å²) in [5.41, 5.74) is 9.03. The number of ether oxygens (including phenoxy) is 1. The first kappa shape index (κ1) is 17.8. The van der Waals surface area contributed by atoms with Crippen LogP contribution in [0, 0.1) is 0 Å². The van der Waals surface area contributed by atoms with Gasteiger partial charge in [-0.2, -0.15) is 0 Å². The van der Waals surface area contributed by atoms with Gasteiger partial charge in [0.1, 0.15) is 23.7 Å². The molecule has 4 aromatic rings. The molecule has 0 unspecified atom stereocenters. The summed E-state index contributed by atoms with van der Waals surface area (Å²) in [5, 5.41) is 4.11. The zero-order valence-electron chi connectivity index (χ0n) is 13.2. The molecular formula is C18H16ClN3OS2. The minimum atomic E-state index is 0. The van der Waals surface area contributed by atoms with E-state index in [0.717, 1.165) is 37.9 Å². The molecule has 0 fully saturated rings. The molecule has 25 heavy (non-hydrogen) atoms. The predicted molar refractivity (Wildman–Crippen MR) is 108 cm³/mol. The summed E-state index contributed by atoms with van der Waals surface area (Å²) in [6.45, 7) is 0.978. The molecule has 0 radical (unpaired) electrons. The maximum Gasteiger partial charge on any atom is 0.121 e. The number of aromatic nitrogens is 2. The average molecular weight is 390 g/mol. The van der Waals surface area contributed by atoms with Gasteiger partial charge in [0.25, 0.3) is 0 Å². The fourth-order valence-electron chi connectivity index (χ4n) is 2.47. The molecule has 1 aromatic carbocycles. The van der Waals surface area contributed by atoms with Crippen molar-refractivity contribution in [2.75, 3.05) is 13.2 Å². The van der Waals surface area contributed by atoms with E-state index in [1.807, 2.05) is 30.3 Å². The topological polar surface area (TPSA) is 61.0 Å². The third kappa shape index (κ3) is 3.67. The van der Waals surface area contributed by atoms with Crippen molar-refractivity contribution in [2.45, 2.75) is 0 Å². The summed E-state index contributed by atoms with van der Waals surface area (Å²) in [5.74, 6) is 0.767. The second-order valence-corrected chi connectivity index (χ2v) is 7.06. The number of hydrogen-bond acceptors (Lipinski definition) is 6. The largest absolute Gasteiger partial charge is 0.492 e. The Bertz CT molecular complexity index is 956. The van der Waals surface area contributed by atoms with E-state index in [2.05, 4.69) is 22.9 Å². The van der Waals surface area contributed by atoms with Gasteiger partial charge in [0, 0.05) is 12.6 Å². The van der Waals surface area contributed by atoms with Crippen molar-refractivity contribution in [1.82, 2.24) is 9.97 Å². The third-order valence-corrected chi connectivity index (χ3v) is 5.28. The minimum Gasteiger partial charge on any atom is -0.492 e. The third-order valence-electron chi connectivity index (χ3n) is 3.53. The van der Waals surface area contributed by atoms with E-state index >= 15 is 0 Å². The zero-order chi connectivity index (χ0) is 16.4. The molecule has 0 spiro atoms. The van der Waals surface area contributed by atoms with Crippen LogP contribution in [-0.2, 0) is 0 Å². The van der Waals surface area contributed by atoms with Crippen molar-refractivity contribution in [3.8, 4) is 26.9 Å². The van der Waals surface area contributed by atoms with E-state index < -0.39 is 0 Å². The molecule has 0 amide bonds. The van der Waals surface area contributed by atoms with Gasteiger partial charge in [-0.1, -0.05) is 12.1 Å². The van der Waals surface area contributed by atoms with Crippen molar-refractivity contribution < 1.29 is 4.74 Å². The zero-order valence-corrected chi connectivity index (χ0v) is 15.7. The number of thiophene rings is 2. The van der Waals surface area contributed by atoms with E-state index in [9.17, 15) is 0 Å². The lowest BCUT2D eigenvalue weighted by molar-refractivity contribution is 0.328. The van der Waals surface area contributed by atoms with E-state index in [4.69, 9.17) is 20.4 Å². The lowest BCUT2D eigenvalue weighted by atomic mass is 10.2. The fourth-order valence-corrected chi connectivity index (χ4v) is 3.90. The van der Waals surface area contributed by atoms with Gasteiger partial charge in [0.15, 0.2) is 0 Å². The number of nitrogens with zero attached hydrogens (tertiary/aromatic N) is 2. The molecule has 7 heteroatoms. The minimum absolute atomic E-state index is 0. The Morgan fingerprint density at radius 3 is 2.08 bits per heavy atom. The highest BCUT2D eigenvalue weighted by atomic mass is 35.5. The van der Waals surface area contributed by atoms with Gasteiger partial charge in [-0.05, 0) is 35.0 Å². The molecule has 3 aromatic heterocycles. The Kier molecular flexibility index (Phi) is 5.65. The number of fused-ring (bicyclic) bond motifs is 1. The van der Waals surface area contributed by atoms with Gasteiger partial charge in [-0.25, -0.2) is 9.97 Å². The van der Waals surface area contributed by atoms with Crippen molar-refractivity contribution in [1.29, 1.82) is 0 Å². The Hall–Kier alpha value is -1.99. The summed E-state index contributed by atoms with van der Waals surface area (Å²) in [7, 11) is 0. The highest BCUT2D eigenvalue weighted by molar-refractivity contribution is 7.14. The van der Waals surface area contributed by atoms with Crippen LogP contribution in [0.1, 0.15) is 0 Å². The van der Waals surface area contributed by atoms with E-state index in [1.165, 1.54) is 0 Å². The van der Waals surface area contributed by atoms with Crippen LogP contribution < -0.4 is 10.5 Å². The lowest BCUT2D eigenvalue weighted by Gasteiger charge is -2.09. The number of nitrogens with two attached hydrogens (primary N) is 1. The SMILES string of the molecule is Cl.NCCOc1ccc2nc(-c3cccs3)c(-c3cccs3)nc2c1. The van der Waals surface area contributed by atoms with Crippen LogP contribution in [-0.4, -0.2) is 23.1 Å². The van der Waals surface area contributed by atoms with Gasteiger partial charge >= 0.3 is 0 Å². The molecule has 0 saturated heterocycles. The number of halogens is 1. The van der Waals surface area contributed by atoms with Crippen molar-refractivity contribution in [3.05, 3.63) is 53.2 Å². The standard InChI is InChI=1S/C18H15N3OS2.ClH/c19-7-8-22-12-5-6-13-14(11-12)21-18(16-4-2-10-24-16)17(20-13)15-3-1-9-23-15;/h1-6,9-11H,7-8,19H2;1H. The average Bonchev–Trinajstić information content (AvgIpc) is 3.31. The molecule has 2 N–H and O–H groups in total. The summed E-state index contributed by atoms with van der Waals surface area (Å²) in [4.78, 5) is 12.0. The number of benzene rings is 1. The van der Waals surface area contributed by atoms with Crippen LogP contribution in [0.25, 0.3) is 32.2 Å². The molecule has 0 saturated carbocycles. The van der Waals surface area contributed by atoms with Crippen LogP contribution in [0.5, 0.6) is 5.75 Å². The van der Waals surface area contributed by atoms with E-state index in [-0.39, 0.29) is 12.4 Å². The first-order valence-electron chi connectivity index (χ1n) is 7.57. The highest BCUT2D eigenvalue weighted by Gasteiger charge is 2.15. The smallest absolute Gasteiger partial charge is 0.121 e. The fraction of sp³-hybridized carbons (Fsp3) is 0.111. The molecule has 3 heterocycles. The second kappa shape index (κ2) is 7.93. The Morgan fingerprint density at radius 1 is 0.880 bits per heavy atom.